The van der Waals surface area contributed by atoms with Gasteiger partial charge in [-0.25, -0.2) is 0 Å². The number of nitrogens with two attached hydrogens (primary N) is 1. The topological polar surface area (TPSA) is 35.2 Å². The third-order valence-corrected chi connectivity index (χ3v) is 3.43. The summed E-state index contributed by atoms with van der Waals surface area (Å²) in [5.41, 5.74) is 8.78. The predicted molar refractivity (Wildman–Crippen MR) is 62.1 cm³/mol. The summed E-state index contributed by atoms with van der Waals surface area (Å²) in [7, 11) is 1.71. The summed E-state index contributed by atoms with van der Waals surface area (Å²) in [4.78, 5) is 0. The second-order valence-corrected chi connectivity index (χ2v) is 4.43. The Morgan fingerprint density at radius 2 is 2.07 bits per heavy atom. The molecular weight excluding hydrogens is 186 g/mol. The van der Waals surface area contributed by atoms with Gasteiger partial charge in [0, 0.05) is 5.54 Å². The largest absolute Gasteiger partial charge is 0.497 e. The van der Waals surface area contributed by atoms with Gasteiger partial charge in [-0.15, -0.1) is 0 Å². The summed E-state index contributed by atoms with van der Waals surface area (Å²) in [5, 5.41) is 0. The number of hydrogen-bond donors (Lipinski definition) is 1. The fraction of sp³-hybridized carbons (Fsp3) is 0.538. The number of hydrogen-bond acceptors (Lipinski definition) is 2. The molecule has 0 amide bonds. The summed E-state index contributed by atoms with van der Waals surface area (Å²) < 4.78 is 5.31. The number of benzene rings is 1. The smallest absolute Gasteiger partial charge is 0.119 e. The maximum absolute atomic E-state index is 6.32. The van der Waals surface area contributed by atoms with Gasteiger partial charge in [-0.05, 0) is 48.9 Å². The van der Waals surface area contributed by atoms with Gasteiger partial charge in [-0.3, -0.25) is 0 Å². The van der Waals surface area contributed by atoms with Crippen LogP contribution in [0.25, 0.3) is 0 Å². The first-order valence-electron chi connectivity index (χ1n) is 5.65. The molecule has 1 aliphatic rings. The minimum atomic E-state index is -0.0849. The maximum Gasteiger partial charge on any atom is 0.119 e. The molecule has 2 nitrogen and oxygen atoms in total. The van der Waals surface area contributed by atoms with E-state index in [1.165, 1.54) is 17.5 Å². The van der Waals surface area contributed by atoms with E-state index < -0.39 is 0 Å². The zero-order chi connectivity index (χ0) is 10.9. The quantitative estimate of drug-likeness (QED) is 0.823. The van der Waals surface area contributed by atoms with Gasteiger partial charge >= 0.3 is 0 Å². The molecule has 1 saturated carbocycles. The minimum absolute atomic E-state index is 0.0849. The second kappa shape index (κ2) is 3.86. The third kappa shape index (κ3) is 1.86. The number of aryl methyl sites for hydroxylation is 1. The Kier molecular flexibility index (Phi) is 2.70. The maximum atomic E-state index is 6.32. The molecule has 1 aromatic rings. The van der Waals surface area contributed by atoms with Gasteiger partial charge in [0.05, 0.1) is 7.11 Å². The van der Waals surface area contributed by atoms with Crippen molar-refractivity contribution in [2.45, 2.75) is 38.1 Å². The average molecular weight is 205 g/mol. The molecule has 0 aromatic heterocycles. The SMILES string of the molecule is CCc1cc(OC)cc(C2(N)CCC2)c1. The summed E-state index contributed by atoms with van der Waals surface area (Å²) >= 11 is 0. The van der Waals surface area contributed by atoms with E-state index in [4.69, 9.17) is 10.5 Å². The van der Waals surface area contributed by atoms with Crippen LogP contribution in [0, 0.1) is 0 Å². The highest BCUT2D eigenvalue weighted by molar-refractivity contribution is 5.39. The van der Waals surface area contributed by atoms with E-state index in [2.05, 4.69) is 25.1 Å². The van der Waals surface area contributed by atoms with Crippen molar-refractivity contribution in [3.05, 3.63) is 29.3 Å². The van der Waals surface area contributed by atoms with Gasteiger partial charge in [0.2, 0.25) is 0 Å². The number of ether oxygens (including phenoxy) is 1. The molecule has 1 fully saturated rings. The van der Waals surface area contributed by atoms with Crippen molar-refractivity contribution in [3.8, 4) is 5.75 Å². The molecule has 0 atom stereocenters. The normalized spacial score (nSPS) is 18.3. The molecule has 2 rings (SSSR count). The van der Waals surface area contributed by atoms with Gasteiger partial charge in [0.1, 0.15) is 5.75 Å². The molecule has 82 valence electrons. The van der Waals surface area contributed by atoms with E-state index in [1.54, 1.807) is 7.11 Å². The predicted octanol–water partition coefficient (Wildman–Crippen LogP) is 2.60. The fourth-order valence-electron chi connectivity index (χ4n) is 2.12. The molecule has 1 aliphatic carbocycles. The Morgan fingerprint density at radius 1 is 1.33 bits per heavy atom. The van der Waals surface area contributed by atoms with Crippen molar-refractivity contribution < 1.29 is 4.74 Å². The number of methoxy groups -OCH3 is 1. The van der Waals surface area contributed by atoms with Crippen LogP contribution in [0.3, 0.4) is 0 Å². The first-order valence-corrected chi connectivity index (χ1v) is 5.65. The minimum Gasteiger partial charge on any atom is -0.497 e. The van der Waals surface area contributed by atoms with Crippen molar-refractivity contribution >= 4 is 0 Å². The molecule has 15 heavy (non-hydrogen) atoms. The zero-order valence-corrected chi connectivity index (χ0v) is 9.55. The van der Waals surface area contributed by atoms with E-state index in [0.717, 1.165) is 25.0 Å². The van der Waals surface area contributed by atoms with E-state index in [-0.39, 0.29) is 5.54 Å². The molecule has 0 heterocycles. The Balaban J connectivity index is 2.37. The molecule has 0 aliphatic heterocycles. The molecular formula is C13H19NO. The lowest BCUT2D eigenvalue weighted by Crippen LogP contribution is -2.43. The van der Waals surface area contributed by atoms with Gasteiger partial charge in [-0.1, -0.05) is 13.0 Å². The number of rotatable bonds is 3. The molecule has 2 heteroatoms. The Hall–Kier alpha value is -1.02. The molecule has 2 N–H and O–H groups in total. The van der Waals surface area contributed by atoms with Crippen LogP contribution in [0.2, 0.25) is 0 Å². The third-order valence-electron chi connectivity index (χ3n) is 3.43. The molecule has 0 radical (unpaired) electrons. The monoisotopic (exact) mass is 205 g/mol. The van der Waals surface area contributed by atoms with Crippen LogP contribution in [0.15, 0.2) is 18.2 Å². The van der Waals surface area contributed by atoms with E-state index in [0.29, 0.717) is 0 Å². The average Bonchev–Trinajstić information content (AvgIpc) is 2.25. The Bertz CT molecular complexity index is 333. The van der Waals surface area contributed by atoms with Gasteiger partial charge in [0.25, 0.3) is 0 Å². The van der Waals surface area contributed by atoms with Gasteiger partial charge < -0.3 is 10.5 Å². The zero-order valence-electron chi connectivity index (χ0n) is 9.55. The first-order chi connectivity index (χ1) is 7.18. The molecule has 0 spiro atoms. The van der Waals surface area contributed by atoms with Gasteiger partial charge in [0.15, 0.2) is 0 Å². The Morgan fingerprint density at radius 3 is 2.53 bits per heavy atom. The van der Waals surface area contributed by atoms with Crippen molar-refractivity contribution in [3.63, 3.8) is 0 Å². The standard InChI is InChI=1S/C13H19NO/c1-3-10-7-11(9-12(8-10)15-2)13(14)5-4-6-13/h7-9H,3-6,14H2,1-2H3. The molecule has 0 unspecified atom stereocenters. The van der Waals surface area contributed by atoms with Crippen LogP contribution < -0.4 is 10.5 Å². The van der Waals surface area contributed by atoms with Crippen molar-refractivity contribution in [2.24, 2.45) is 5.73 Å². The highest BCUT2D eigenvalue weighted by atomic mass is 16.5. The lowest BCUT2D eigenvalue weighted by molar-refractivity contribution is 0.252. The van der Waals surface area contributed by atoms with Gasteiger partial charge in [-0.2, -0.15) is 0 Å². The van der Waals surface area contributed by atoms with Crippen LogP contribution in [0.4, 0.5) is 0 Å². The lowest BCUT2D eigenvalue weighted by atomic mass is 9.72. The van der Waals surface area contributed by atoms with Crippen molar-refractivity contribution in [1.82, 2.24) is 0 Å². The first kappa shape index (κ1) is 10.5. The van der Waals surface area contributed by atoms with Crippen LogP contribution >= 0.6 is 0 Å². The summed E-state index contributed by atoms with van der Waals surface area (Å²) in [5.74, 6) is 0.932. The fourth-order valence-corrected chi connectivity index (χ4v) is 2.12. The highest BCUT2D eigenvalue weighted by Gasteiger charge is 2.34. The highest BCUT2D eigenvalue weighted by Crippen LogP contribution is 2.40. The van der Waals surface area contributed by atoms with Crippen molar-refractivity contribution in [1.29, 1.82) is 0 Å². The molecule has 0 saturated heterocycles. The summed E-state index contributed by atoms with van der Waals surface area (Å²) in [6, 6.07) is 6.39. The summed E-state index contributed by atoms with van der Waals surface area (Å²) in [6.45, 7) is 2.16. The van der Waals surface area contributed by atoms with Crippen molar-refractivity contribution in [2.75, 3.05) is 7.11 Å². The van der Waals surface area contributed by atoms with Crippen LogP contribution in [-0.4, -0.2) is 7.11 Å². The molecule has 1 aromatic carbocycles. The Labute approximate surface area is 91.4 Å². The van der Waals surface area contributed by atoms with Crippen LogP contribution in [-0.2, 0) is 12.0 Å². The van der Waals surface area contributed by atoms with Crippen LogP contribution in [0.1, 0.15) is 37.3 Å². The lowest BCUT2D eigenvalue weighted by Gasteiger charge is -2.39. The second-order valence-electron chi connectivity index (χ2n) is 4.43. The van der Waals surface area contributed by atoms with E-state index >= 15 is 0 Å². The van der Waals surface area contributed by atoms with E-state index in [9.17, 15) is 0 Å². The van der Waals surface area contributed by atoms with E-state index in [1.807, 2.05) is 0 Å². The summed E-state index contributed by atoms with van der Waals surface area (Å²) in [6.07, 6.45) is 4.47. The van der Waals surface area contributed by atoms with Crippen LogP contribution in [0.5, 0.6) is 5.75 Å². The molecule has 0 bridgehead atoms.